The zero-order valence-corrected chi connectivity index (χ0v) is 11.9. The molecule has 0 saturated carbocycles. The van der Waals surface area contributed by atoms with Crippen LogP contribution in [0.15, 0.2) is 53.3 Å². The van der Waals surface area contributed by atoms with Crippen LogP contribution in [0.2, 0.25) is 0 Å². The molecular weight excluding hydrogens is 260 g/mol. The average Bonchev–Trinajstić information content (AvgIpc) is 2.85. The minimum atomic E-state index is 0.870. The molecule has 1 aromatic carbocycles. The second-order valence-electron chi connectivity index (χ2n) is 5.31. The molecule has 0 atom stereocenters. The SMILES string of the molecule is Cc1cc2c(cc1-c1ncccc1C)oc1ccncc12. The summed E-state index contributed by atoms with van der Waals surface area (Å²) < 4.78 is 5.94. The van der Waals surface area contributed by atoms with Crippen molar-refractivity contribution in [1.29, 1.82) is 0 Å². The first-order valence-electron chi connectivity index (χ1n) is 6.93. The zero-order valence-electron chi connectivity index (χ0n) is 11.9. The van der Waals surface area contributed by atoms with Gasteiger partial charge in [0.05, 0.1) is 5.69 Å². The number of aromatic nitrogens is 2. The number of hydrogen-bond donors (Lipinski definition) is 0. The highest BCUT2D eigenvalue weighted by Gasteiger charge is 2.12. The number of aryl methyl sites for hydroxylation is 2. The Morgan fingerprint density at radius 3 is 2.67 bits per heavy atom. The molecule has 3 aromatic heterocycles. The predicted molar refractivity (Wildman–Crippen MR) is 84.2 cm³/mol. The Labute approximate surface area is 122 Å². The molecule has 3 nitrogen and oxygen atoms in total. The van der Waals surface area contributed by atoms with E-state index in [2.05, 4.69) is 42.0 Å². The highest BCUT2D eigenvalue weighted by atomic mass is 16.3. The first-order valence-corrected chi connectivity index (χ1v) is 6.93. The topological polar surface area (TPSA) is 38.9 Å². The molecule has 4 rings (SSSR count). The lowest BCUT2D eigenvalue weighted by molar-refractivity contribution is 0.668. The molecule has 102 valence electrons. The van der Waals surface area contributed by atoms with Crippen LogP contribution >= 0.6 is 0 Å². The summed E-state index contributed by atoms with van der Waals surface area (Å²) in [4.78, 5) is 8.70. The van der Waals surface area contributed by atoms with Gasteiger partial charge in [0.2, 0.25) is 0 Å². The summed E-state index contributed by atoms with van der Waals surface area (Å²) in [5.41, 5.74) is 6.23. The standard InChI is InChI=1S/C18H14N2O/c1-11-4-3-6-20-18(11)13-9-17-14(8-12(13)2)15-10-19-7-5-16(15)21-17/h3-10H,1-2H3. The summed E-state index contributed by atoms with van der Waals surface area (Å²) in [5, 5.41) is 2.16. The fraction of sp³-hybridized carbons (Fsp3) is 0.111. The normalized spacial score (nSPS) is 11.3. The second-order valence-corrected chi connectivity index (χ2v) is 5.31. The molecule has 4 aromatic rings. The van der Waals surface area contributed by atoms with Crippen LogP contribution in [0.4, 0.5) is 0 Å². The summed E-state index contributed by atoms with van der Waals surface area (Å²) in [7, 11) is 0. The van der Waals surface area contributed by atoms with Gasteiger partial charge in [0, 0.05) is 34.9 Å². The molecule has 0 amide bonds. The Bertz CT molecular complexity index is 969. The van der Waals surface area contributed by atoms with Gasteiger partial charge in [0.15, 0.2) is 0 Å². The van der Waals surface area contributed by atoms with Crippen molar-refractivity contribution in [1.82, 2.24) is 9.97 Å². The molecule has 3 heterocycles. The Hall–Kier alpha value is -2.68. The zero-order chi connectivity index (χ0) is 14.4. The highest BCUT2D eigenvalue weighted by Crippen LogP contribution is 2.34. The Morgan fingerprint density at radius 2 is 1.81 bits per heavy atom. The van der Waals surface area contributed by atoms with E-state index in [1.807, 2.05) is 24.5 Å². The van der Waals surface area contributed by atoms with Crippen LogP contribution in [0.3, 0.4) is 0 Å². The summed E-state index contributed by atoms with van der Waals surface area (Å²) >= 11 is 0. The van der Waals surface area contributed by atoms with Gasteiger partial charge in [-0.1, -0.05) is 6.07 Å². The van der Waals surface area contributed by atoms with Gasteiger partial charge in [-0.25, -0.2) is 0 Å². The lowest BCUT2D eigenvalue weighted by atomic mass is 9.99. The molecule has 21 heavy (non-hydrogen) atoms. The molecule has 0 radical (unpaired) electrons. The number of benzene rings is 1. The van der Waals surface area contributed by atoms with Crippen molar-refractivity contribution in [2.45, 2.75) is 13.8 Å². The highest BCUT2D eigenvalue weighted by molar-refractivity contribution is 6.05. The van der Waals surface area contributed by atoms with Crippen molar-refractivity contribution in [2.24, 2.45) is 0 Å². The molecule has 0 aliphatic rings. The maximum atomic E-state index is 5.94. The number of fused-ring (bicyclic) bond motifs is 3. The van der Waals surface area contributed by atoms with Gasteiger partial charge in [-0.3, -0.25) is 9.97 Å². The summed E-state index contributed by atoms with van der Waals surface area (Å²) in [6.45, 7) is 4.19. The van der Waals surface area contributed by atoms with Crippen molar-refractivity contribution in [3.63, 3.8) is 0 Å². The molecule has 0 bridgehead atoms. The third kappa shape index (κ3) is 1.82. The molecule has 3 heteroatoms. The number of rotatable bonds is 1. The number of hydrogen-bond acceptors (Lipinski definition) is 3. The number of furan rings is 1. The van der Waals surface area contributed by atoms with E-state index in [1.165, 1.54) is 5.56 Å². The van der Waals surface area contributed by atoms with Crippen LogP contribution in [0, 0.1) is 13.8 Å². The maximum absolute atomic E-state index is 5.94. The quantitative estimate of drug-likeness (QED) is 0.506. The van der Waals surface area contributed by atoms with E-state index in [4.69, 9.17) is 4.42 Å². The van der Waals surface area contributed by atoms with Crippen LogP contribution in [-0.4, -0.2) is 9.97 Å². The van der Waals surface area contributed by atoms with Gasteiger partial charge in [-0.2, -0.15) is 0 Å². The van der Waals surface area contributed by atoms with Gasteiger partial charge in [0.25, 0.3) is 0 Å². The van der Waals surface area contributed by atoms with E-state index >= 15 is 0 Å². The van der Waals surface area contributed by atoms with Gasteiger partial charge >= 0.3 is 0 Å². The maximum Gasteiger partial charge on any atom is 0.138 e. The van der Waals surface area contributed by atoms with E-state index in [0.29, 0.717) is 0 Å². The predicted octanol–water partition coefficient (Wildman–Crippen LogP) is 4.66. The van der Waals surface area contributed by atoms with E-state index in [-0.39, 0.29) is 0 Å². The Balaban J connectivity index is 2.06. The van der Waals surface area contributed by atoms with Crippen LogP contribution in [0.25, 0.3) is 33.2 Å². The smallest absolute Gasteiger partial charge is 0.138 e. The molecule has 0 N–H and O–H groups in total. The Kier molecular flexibility index (Phi) is 2.54. The average molecular weight is 274 g/mol. The first-order chi connectivity index (χ1) is 10.2. The summed E-state index contributed by atoms with van der Waals surface area (Å²) in [5.74, 6) is 0. The second kappa shape index (κ2) is 4.42. The van der Waals surface area contributed by atoms with E-state index in [9.17, 15) is 0 Å². The van der Waals surface area contributed by atoms with Crippen molar-refractivity contribution in [3.05, 3.63) is 60.0 Å². The largest absolute Gasteiger partial charge is 0.456 e. The molecule has 0 fully saturated rings. The van der Waals surface area contributed by atoms with Crippen molar-refractivity contribution in [2.75, 3.05) is 0 Å². The van der Waals surface area contributed by atoms with Crippen LogP contribution < -0.4 is 0 Å². The molecule has 0 spiro atoms. The summed E-state index contributed by atoms with van der Waals surface area (Å²) in [6, 6.07) is 10.2. The Morgan fingerprint density at radius 1 is 0.905 bits per heavy atom. The molecule has 0 aliphatic carbocycles. The van der Waals surface area contributed by atoms with Crippen LogP contribution in [-0.2, 0) is 0 Å². The van der Waals surface area contributed by atoms with Gasteiger partial charge < -0.3 is 4.42 Å². The molecule has 0 unspecified atom stereocenters. The fourth-order valence-electron chi connectivity index (χ4n) is 2.80. The minimum Gasteiger partial charge on any atom is -0.456 e. The van der Waals surface area contributed by atoms with Crippen molar-refractivity contribution >= 4 is 21.9 Å². The van der Waals surface area contributed by atoms with Crippen molar-refractivity contribution in [3.8, 4) is 11.3 Å². The first kappa shape index (κ1) is 12.1. The van der Waals surface area contributed by atoms with E-state index in [0.717, 1.165) is 38.8 Å². The van der Waals surface area contributed by atoms with Gasteiger partial charge in [0.1, 0.15) is 11.2 Å². The molecule has 0 saturated heterocycles. The van der Waals surface area contributed by atoms with Gasteiger partial charge in [-0.05, 0) is 49.2 Å². The van der Waals surface area contributed by atoms with Crippen LogP contribution in [0.5, 0.6) is 0 Å². The third-order valence-corrected chi connectivity index (χ3v) is 3.88. The number of pyridine rings is 2. The monoisotopic (exact) mass is 274 g/mol. The lowest BCUT2D eigenvalue weighted by Gasteiger charge is -2.08. The van der Waals surface area contributed by atoms with Crippen LogP contribution in [0.1, 0.15) is 11.1 Å². The van der Waals surface area contributed by atoms with Gasteiger partial charge in [-0.15, -0.1) is 0 Å². The molecular formula is C18H14N2O. The fourth-order valence-corrected chi connectivity index (χ4v) is 2.80. The third-order valence-electron chi connectivity index (χ3n) is 3.88. The number of nitrogens with zero attached hydrogens (tertiary/aromatic N) is 2. The summed E-state index contributed by atoms with van der Waals surface area (Å²) in [6.07, 6.45) is 5.43. The van der Waals surface area contributed by atoms with Crippen molar-refractivity contribution < 1.29 is 4.42 Å². The van der Waals surface area contributed by atoms with E-state index in [1.54, 1.807) is 6.20 Å². The lowest BCUT2D eigenvalue weighted by Crippen LogP contribution is -1.90. The minimum absolute atomic E-state index is 0.870. The van der Waals surface area contributed by atoms with E-state index < -0.39 is 0 Å². The molecule has 0 aliphatic heterocycles.